The fraction of sp³-hybridized carbons (Fsp3) is 0.583. The van der Waals surface area contributed by atoms with Gasteiger partial charge in [-0.3, -0.25) is 4.90 Å². The van der Waals surface area contributed by atoms with Gasteiger partial charge in [-0.05, 0) is 33.5 Å². The van der Waals surface area contributed by atoms with Gasteiger partial charge in [-0.2, -0.15) is 0 Å². The number of allylic oxidation sites excluding steroid dienone is 1. The Labute approximate surface area is 97.3 Å². The molecule has 1 N–H and O–H groups in total. The summed E-state index contributed by atoms with van der Waals surface area (Å²) in [6, 6.07) is 2.00. The van der Waals surface area contributed by atoms with E-state index in [9.17, 15) is 0 Å². The molecule has 4 heteroatoms. The Morgan fingerprint density at radius 1 is 1.62 bits per heavy atom. The van der Waals surface area contributed by atoms with E-state index in [1.54, 1.807) is 0 Å². The minimum absolute atomic E-state index is 0.754. The largest absolute Gasteiger partial charge is 0.360 e. The molecule has 0 aromatic carbocycles. The van der Waals surface area contributed by atoms with Crippen LogP contribution in [0.1, 0.15) is 24.3 Å². The number of rotatable bonds is 8. The quantitative estimate of drug-likeness (QED) is 0.539. The second-order valence-electron chi connectivity index (χ2n) is 3.98. The lowest BCUT2D eigenvalue weighted by atomic mass is 10.3. The van der Waals surface area contributed by atoms with Crippen LogP contribution in [0, 0.1) is 0 Å². The summed E-state index contributed by atoms with van der Waals surface area (Å²) in [6.45, 7) is 6.33. The standard InChI is InChI=1S/C12H21N3O/c1-4-5-6-7-15(3)10-12-8-11(9-13-2)14-16-12/h4,8,13H,1,5-7,9-10H2,2-3H3. The van der Waals surface area contributed by atoms with E-state index in [1.807, 2.05) is 19.2 Å². The van der Waals surface area contributed by atoms with Gasteiger partial charge in [-0.1, -0.05) is 11.2 Å². The Bertz CT molecular complexity index is 309. The molecule has 16 heavy (non-hydrogen) atoms. The summed E-state index contributed by atoms with van der Waals surface area (Å²) in [5, 5.41) is 7.02. The number of hydrogen-bond donors (Lipinski definition) is 1. The van der Waals surface area contributed by atoms with Crippen molar-refractivity contribution >= 4 is 0 Å². The monoisotopic (exact) mass is 223 g/mol. The van der Waals surface area contributed by atoms with Crippen molar-refractivity contribution in [3.05, 3.63) is 30.2 Å². The molecule has 1 rings (SSSR count). The summed E-state index contributed by atoms with van der Waals surface area (Å²) in [4.78, 5) is 2.23. The zero-order chi connectivity index (χ0) is 11.8. The fourth-order valence-corrected chi connectivity index (χ4v) is 1.55. The molecule has 1 aromatic rings. The Morgan fingerprint density at radius 2 is 2.44 bits per heavy atom. The molecule has 0 atom stereocenters. The van der Waals surface area contributed by atoms with Crippen molar-refractivity contribution < 1.29 is 4.52 Å². The van der Waals surface area contributed by atoms with Gasteiger partial charge in [0, 0.05) is 12.6 Å². The molecule has 90 valence electrons. The SMILES string of the molecule is C=CCCCN(C)Cc1cc(CNC)no1. The number of nitrogens with zero attached hydrogens (tertiary/aromatic N) is 2. The highest BCUT2D eigenvalue weighted by atomic mass is 16.5. The maximum atomic E-state index is 5.24. The van der Waals surface area contributed by atoms with Crippen LogP contribution in [0.5, 0.6) is 0 Å². The second-order valence-corrected chi connectivity index (χ2v) is 3.98. The molecular weight excluding hydrogens is 202 g/mol. The van der Waals surface area contributed by atoms with E-state index in [2.05, 4.69) is 29.0 Å². The molecule has 0 saturated carbocycles. The lowest BCUT2D eigenvalue weighted by molar-refractivity contribution is 0.269. The summed E-state index contributed by atoms with van der Waals surface area (Å²) >= 11 is 0. The number of aromatic nitrogens is 1. The Hall–Kier alpha value is -1.13. The van der Waals surface area contributed by atoms with Crippen molar-refractivity contribution in [3.8, 4) is 0 Å². The molecule has 0 bridgehead atoms. The normalized spacial score (nSPS) is 10.9. The third-order valence-electron chi connectivity index (χ3n) is 2.34. The van der Waals surface area contributed by atoms with E-state index in [0.717, 1.165) is 43.9 Å². The van der Waals surface area contributed by atoms with Gasteiger partial charge in [0.05, 0.1) is 12.2 Å². The molecule has 0 aliphatic carbocycles. The third kappa shape index (κ3) is 4.59. The number of nitrogens with one attached hydrogen (secondary N) is 1. The summed E-state index contributed by atoms with van der Waals surface area (Å²) in [5.74, 6) is 0.923. The Kier molecular flexibility index (Phi) is 5.82. The predicted octanol–water partition coefficient (Wildman–Crippen LogP) is 1.79. The zero-order valence-electron chi connectivity index (χ0n) is 10.2. The molecule has 0 aliphatic heterocycles. The van der Waals surface area contributed by atoms with Crippen molar-refractivity contribution in [2.45, 2.75) is 25.9 Å². The molecule has 1 aromatic heterocycles. The molecular formula is C12H21N3O. The summed E-state index contributed by atoms with van der Waals surface area (Å²) in [7, 11) is 3.99. The Balaban J connectivity index is 2.31. The van der Waals surface area contributed by atoms with Gasteiger partial charge in [0.15, 0.2) is 5.76 Å². The van der Waals surface area contributed by atoms with E-state index in [-0.39, 0.29) is 0 Å². The molecule has 0 spiro atoms. The van der Waals surface area contributed by atoms with Crippen LogP contribution in [0.3, 0.4) is 0 Å². The van der Waals surface area contributed by atoms with Crippen LogP contribution in [-0.2, 0) is 13.1 Å². The molecule has 0 amide bonds. The maximum Gasteiger partial charge on any atom is 0.151 e. The first-order valence-electron chi connectivity index (χ1n) is 5.64. The van der Waals surface area contributed by atoms with E-state index < -0.39 is 0 Å². The average Bonchev–Trinajstić information content (AvgIpc) is 2.66. The van der Waals surface area contributed by atoms with Crippen LogP contribution in [0.25, 0.3) is 0 Å². The highest BCUT2D eigenvalue weighted by Crippen LogP contribution is 2.06. The minimum atomic E-state index is 0.754. The van der Waals surface area contributed by atoms with Crippen molar-refractivity contribution in [1.82, 2.24) is 15.4 Å². The topological polar surface area (TPSA) is 41.3 Å². The van der Waals surface area contributed by atoms with Gasteiger partial charge in [-0.15, -0.1) is 6.58 Å². The minimum Gasteiger partial charge on any atom is -0.360 e. The van der Waals surface area contributed by atoms with Crippen molar-refractivity contribution in [2.24, 2.45) is 0 Å². The van der Waals surface area contributed by atoms with Gasteiger partial charge in [0.25, 0.3) is 0 Å². The van der Waals surface area contributed by atoms with Gasteiger partial charge >= 0.3 is 0 Å². The van der Waals surface area contributed by atoms with Crippen LogP contribution in [0.4, 0.5) is 0 Å². The predicted molar refractivity (Wildman–Crippen MR) is 65.0 cm³/mol. The lowest BCUT2D eigenvalue weighted by Gasteiger charge is -2.13. The smallest absolute Gasteiger partial charge is 0.151 e. The molecule has 0 aliphatic rings. The second kappa shape index (κ2) is 7.19. The first-order valence-corrected chi connectivity index (χ1v) is 5.64. The molecule has 1 heterocycles. The molecule has 0 saturated heterocycles. The highest BCUT2D eigenvalue weighted by molar-refractivity contribution is 5.04. The number of unbranched alkanes of at least 4 members (excludes halogenated alkanes) is 1. The number of hydrogen-bond acceptors (Lipinski definition) is 4. The zero-order valence-corrected chi connectivity index (χ0v) is 10.2. The van der Waals surface area contributed by atoms with Crippen molar-refractivity contribution in [3.63, 3.8) is 0 Å². The van der Waals surface area contributed by atoms with E-state index >= 15 is 0 Å². The van der Waals surface area contributed by atoms with Crippen LogP contribution < -0.4 is 5.32 Å². The third-order valence-corrected chi connectivity index (χ3v) is 2.34. The van der Waals surface area contributed by atoms with E-state index in [0.29, 0.717) is 0 Å². The lowest BCUT2D eigenvalue weighted by Crippen LogP contribution is -2.18. The fourth-order valence-electron chi connectivity index (χ4n) is 1.55. The van der Waals surface area contributed by atoms with E-state index in [1.165, 1.54) is 0 Å². The highest BCUT2D eigenvalue weighted by Gasteiger charge is 2.06. The average molecular weight is 223 g/mol. The molecule has 0 radical (unpaired) electrons. The summed E-state index contributed by atoms with van der Waals surface area (Å²) in [6.07, 6.45) is 4.15. The summed E-state index contributed by atoms with van der Waals surface area (Å²) < 4.78 is 5.24. The molecule has 0 fully saturated rings. The first kappa shape index (κ1) is 12.9. The van der Waals surface area contributed by atoms with Crippen LogP contribution in [0.2, 0.25) is 0 Å². The van der Waals surface area contributed by atoms with Gasteiger partial charge in [-0.25, -0.2) is 0 Å². The van der Waals surface area contributed by atoms with E-state index in [4.69, 9.17) is 4.52 Å². The van der Waals surface area contributed by atoms with Gasteiger partial charge < -0.3 is 9.84 Å². The van der Waals surface area contributed by atoms with Gasteiger partial charge in [0.1, 0.15) is 0 Å². The van der Waals surface area contributed by atoms with Crippen molar-refractivity contribution in [2.75, 3.05) is 20.6 Å². The molecule has 0 unspecified atom stereocenters. The van der Waals surface area contributed by atoms with Gasteiger partial charge in [0.2, 0.25) is 0 Å². The first-order chi connectivity index (χ1) is 7.76. The summed E-state index contributed by atoms with van der Waals surface area (Å²) in [5.41, 5.74) is 0.956. The van der Waals surface area contributed by atoms with Crippen LogP contribution in [0.15, 0.2) is 23.2 Å². The Morgan fingerprint density at radius 3 is 3.12 bits per heavy atom. The molecule has 4 nitrogen and oxygen atoms in total. The van der Waals surface area contributed by atoms with Crippen LogP contribution >= 0.6 is 0 Å². The van der Waals surface area contributed by atoms with Crippen LogP contribution in [-0.4, -0.2) is 30.7 Å². The van der Waals surface area contributed by atoms with Crippen molar-refractivity contribution in [1.29, 1.82) is 0 Å². The maximum absolute atomic E-state index is 5.24.